The lowest BCUT2D eigenvalue weighted by Gasteiger charge is -2.04. The second-order valence-corrected chi connectivity index (χ2v) is 3.80. The van der Waals surface area contributed by atoms with Crippen molar-refractivity contribution in [2.24, 2.45) is 0 Å². The minimum absolute atomic E-state index is 0.317. The van der Waals surface area contributed by atoms with E-state index in [2.05, 4.69) is 9.97 Å². The van der Waals surface area contributed by atoms with Crippen LogP contribution in [0.5, 0.6) is 0 Å². The lowest BCUT2D eigenvalue weighted by molar-refractivity contribution is 1.12. The second-order valence-electron chi connectivity index (χ2n) is 3.80. The van der Waals surface area contributed by atoms with Gasteiger partial charge in [-0.3, -0.25) is 0 Å². The van der Waals surface area contributed by atoms with Crippen molar-refractivity contribution in [3.05, 3.63) is 65.1 Å². The Balaban J connectivity index is 0.000000510. The quantitative estimate of drug-likeness (QED) is 0.706. The van der Waals surface area contributed by atoms with E-state index in [9.17, 15) is 4.79 Å². The van der Waals surface area contributed by atoms with E-state index >= 15 is 0 Å². The zero-order valence-electron chi connectivity index (χ0n) is 13.1. The molecule has 1 heterocycles. The molecule has 0 fully saturated rings. The Kier molecular flexibility index (Phi) is 6.88. The summed E-state index contributed by atoms with van der Waals surface area (Å²) in [5.74, 6) is 0. The fourth-order valence-electron chi connectivity index (χ4n) is 1.92. The number of nitrogens with zero attached hydrogens (tertiary/aromatic N) is 1. The number of aromatic nitrogens is 2. The third kappa shape index (κ3) is 4.02. The van der Waals surface area contributed by atoms with Crippen molar-refractivity contribution in [1.29, 1.82) is 0 Å². The third-order valence-corrected chi connectivity index (χ3v) is 2.68. The number of hydrogen-bond donors (Lipinski definition) is 1. The molecule has 0 amide bonds. The van der Waals surface area contributed by atoms with Gasteiger partial charge in [0, 0.05) is 10.9 Å². The summed E-state index contributed by atoms with van der Waals surface area (Å²) in [7, 11) is 0. The smallest absolute Gasteiger partial charge is 0.305 e. The molecule has 0 aliphatic heterocycles. The number of nitrogens with one attached hydrogen (secondary N) is 1. The predicted octanol–water partition coefficient (Wildman–Crippen LogP) is 4.64. The first kappa shape index (κ1) is 16.6. The Morgan fingerprint density at radius 2 is 1.38 bits per heavy atom. The number of rotatable bonds is 1. The molecule has 21 heavy (non-hydrogen) atoms. The monoisotopic (exact) mass is 282 g/mol. The van der Waals surface area contributed by atoms with E-state index in [1.807, 2.05) is 82.3 Å². The van der Waals surface area contributed by atoms with Crippen molar-refractivity contribution in [2.45, 2.75) is 27.7 Å². The molecule has 3 aromatic rings. The highest BCUT2D eigenvalue weighted by atomic mass is 16.1. The van der Waals surface area contributed by atoms with Gasteiger partial charge in [0.05, 0.1) is 11.2 Å². The second kappa shape index (κ2) is 8.69. The number of hydrogen-bond acceptors (Lipinski definition) is 2. The highest BCUT2D eigenvalue weighted by Crippen LogP contribution is 2.23. The van der Waals surface area contributed by atoms with Gasteiger partial charge in [-0.05, 0) is 6.07 Å². The maximum atomic E-state index is 11.5. The van der Waals surface area contributed by atoms with Crippen LogP contribution in [0.2, 0.25) is 0 Å². The van der Waals surface area contributed by atoms with E-state index in [0.717, 1.165) is 22.2 Å². The molecule has 1 aromatic heterocycles. The molecule has 0 aliphatic rings. The van der Waals surface area contributed by atoms with Gasteiger partial charge in [0.15, 0.2) is 0 Å². The fourth-order valence-corrected chi connectivity index (χ4v) is 1.92. The van der Waals surface area contributed by atoms with Crippen LogP contribution in [0.1, 0.15) is 27.7 Å². The van der Waals surface area contributed by atoms with Crippen molar-refractivity contribution in [2.75, 3.05) is 0 Å². The fraction of sp³-hybridized carbons (Fsp3) is 0.222. The molecule has 0 spiro atoms. The van der Waals surface area contributed by atoms with Crippen LogP contribution in [0, 0.1) is 0 Å². The molecule has 0 saturated heterocycles. The molecule has 0 unspecified atom stereocenters. The van der Waals surface area contributed by atoms with E-state index < -0.39 is 0 Å². The summed E-state index contributed by atoms with van der Waals surface area (Å²) in [4.78, 5) is 18.3. The zero-order chi connectivity index (χ0) is 15.7. The molecule has 1 N–H and O–H groups in total. The van der Waals surface area contributed by atoms with Crippen LogP contribution >= 0.6 is 0 Å². The summed E-state index contributed by atoms with van der Waals surface area (Å²) in [6.45, 7) is 8.00. The minimum atomic E-state index is -0.317. The topological polar surface area (TPSA) is 45.8 Å². The van der Waals surface area contributed by atoms with Gasteiger partial charge in [0.25, 0.3) is 0 Å². The highest BCUT2D eigenvalue weighted by Gasteiger charge is 2.05. The van der Waals surface area contributed by atoms with E-state index in [4.69, 9.17) is 0 Å². The minimum Gasteiger partial charge on any atom is -0.305 e. The van der Waals surface area contributed by atoms with Crippen LogP contribution in [0.3, 0.4) is 0 Å². The number of H-pyrrole nitrogens is 1. The summed E-state index contributed by atoms with van der Waals surface area (Å²) in [6, 6.07) is 17.4. The van der Waals surface area contributed by atoms with Crippen LogP contribution in [0.15, 0.2) is 59.4 Å². The van der Waals surface area contributed by atoms with Gasteiger partial charge in [-0.2, -0.15) is 4.98 Å². The Morgan fingerprint density at radius 3 is 2.05 bits per heavy atom. The predicted molar refractivity (Wildman–Crippen MR) is 90.5 cm³/mol. The van der Waals surface area contributed by atoms with Crippen LogP contribution in [0.25, 0.3) is 22.2 Å². The molecule has 3 rings (SSSR count). The van der Waals surface area contributed by atoms with Crippen molar-refractivity contribution in [3.8, 4) is 11.3 Å². The molecule has 0 atom stereocenters. The molecule has 0 saturated carbocycles. The van der Waals surface area contributed by atoms with E-state index in [-0.39, 0.29) is 5.69 Å². The molecule has 2 aromatic carbocycles. The molecule has 0 radical (unpaired) electrons. The van der Waals surface area contributed by atoms with E-state index in [0.29, 0.717) is 0 Å². The molecular formula is C18H22N2O. The van der Waals surface area contributed by atoms with Gasteiger partial charge in [-0.15, -0.1) is 0 Å². The van der Waals surface area contributed by atoms with Crippen molar-refractivity contribution in [1.82, 2.24) is 9.97 Å². The summed E-state index contributed by atoms with van der Waals surface area (Å²) < 4.78 is 0. The van der Waals surface area contributed by atoms with Crippen LogP contribution < -0.4 is 5.69 Å². The van der Waals surface area contributed by atoms with Gasteiger partial charge in [0.2, 0.25) is 0 Å². The maximum absolute atomic E-state index is 11.5. The number of para-hydroxylation sites is 1. The molecule has 0 bridgehead atoms. The van der Waals surface area contributed by atoms with E-state index in [1.165, 1.54) is 0 Å². The van der Waals surface area contributed by atoms with Crippen LogP contribution in [0.4, 0.5) is 0 Å². The number of benzene rings is 2. The molecular weight excluding hydrogens is 260 g/mol. The van der Waals surface area contributed by atoms with E-state index in [1.54, 1.807) is 0 Å². The molecule has 3 nitrogen and oxygen atoms in total. The van der Waals surface area contributed by atoms with Crippen molar-refractivity contribution < 1.29 is 0 Å². The maximum Gasteiger partial charge on any atom is 0.345 e. The zero-order valence-corrected chi connectivity index (χ0v) is 13.1. The molecule has 0 aliphatic carbocycles. The Morgan fingerprint density at radius 1 is 0.810 bits per heavy atom. The standard InChI is InChI=1S/C14H10N2O.2C2H6/c17-14-15-12-9-5-4-8-11(12)13(16-14)10-6-2-1-3-7-10;2*1-2/h1-9H,(H,15,16,17);2*1-2H3. The third-order valence-electron chi connectivity index (χ3n) is 2.68. The molecule has 110 valence electrons. The first-order chi connectivity index (χ1) is 10.3. The highest BCUT2D eigenvalue weighted by molar-refractivity contribution is 5.91. The van der Waals surface area contributed by atoms with Gasteiger partial charge in [0.1, 0.15) is 0 Å². The van der Waals surface area contributed by atoms with Gasteiger partial charge < -0.3 is 4.98 Å². The molecule has 3 heteroatoms. The average molecular weight is 282 g/mol. The van der Waals surface area contributed by atoms with Crippen molar-refractivity contribution >= 4 is 10.9 Å². The Labute approximate surface area is 125 Å². The summed E-state index contributed by atoms with van der Waals surface area (Å²) >= 11 is 0. The summed E-state index contributed by atoms with van der Waals surface area (Å²) in [5, 5.41) is 0.957. The van der Waals surface area contributed by atoms with Crippen LogP contribution in [-0.2, 0) is 0 Å². The first-order valence-electron chi connectivity index (χ1n) is 7.39. The van der Waals surface area contributed by atoms with Crippen LogP contribution in [-0.4, -0.2) is 9.97 Å². The van der Waals surface area contributed by atoms with Gasteiger partial charge in [-0.25, -0.2) is 4.79 Å². The Hall–Kier alpha value is -2.42. The number of aromatic amines is 1. The van der Waals surface area contributed by atoms with Gasteiger partial charge in [-0.1, -0.05) is 76.2 Å². The lowest BCUT2D eigenvalue weighted by atomic mass is 10.1. The average Bonchev–Trinajstić information content (AvgIpc) is 2.58. The summed E-state index contributed by atoms with van der Waals surface area (Å²) in [6.07, 6.45) is 0. The first-order valence-corrected chi connectivity index (χ1v) is 7.39. The lowest BCUT2D eigenvalue weighted by Crippen LogP contribution is -2.11. The normalized spacial score (nSPS) is 9.14. The SMILES string of the molecule is CC.CC.O=c1nc(-c2ccccc2)c2ccccc2[nH]1. The van der Waals surface area contributed by atoms with Gasteiger partial charge >= 0.3 is 5.69 Å². The Bertz CT molecular complexity index is 718. The van der Waals surface area contributed by atoms with Crippen molar-refractivity contribution in [3.63, 3.8) is 0 Å². The summed E-state index contributed by atoms with van der Waals surface area (Å²) in [5.41, 5.74) is 2.17. The number of fused-ring (bicyclic) bond motifs is 1. The largest absolute Gasteiger partial charge is 0.345 e.